The van der Waals surface area contributed by atoms with Gasteiger partial charge in [0.1, 0.15) is 10.7 Å². The summed E-state index contributed by atoms with van der Waals surface area (Å²) in [6, 6.07) is 27.0. The van der Waals surface area contributed by atoms with E-state index in [1.165, 1.54) is 27.6 Å². The minimum atomic E-state index is 0.409. The molecule has 0 fully saturated rings. The number of halogens is 1. The van der Waals surface area contributed by atoms with Gasteiger partial charge in [-0.25, -0.2) is 4.98 Å². The SMILES string of the molecule is Clc1nc(-c2ccc3c4c(cccc24)-c2ccccc2-3)nc2oc3ccccc3c12. The fourth-order valence-corrected chi connectivity index (χ4v) is 4.97. The van der Waals surface area contributed by atoms with Crippen molar-refractivity contribution < 1.29 is 4.42 Å². The maximum Gasteiger partial charge on any atom is 0.232 e. The van der Waals surface area contributed by atoms with Gasteiger partial charge in [-0.2, -0.15) is 4.98 Å². The Bertz CT molecular complexity index is 1640. The lowest BCUT2D eigenvalue weighted by Gasteiger charge is -2.08. The number of benzene rings is 4. The largest absolute Gasteiger partial charge is 0.438 e. The minimum Gasteiger partial charge on any atom is -0.438 e. The number of aromatic nitrogens is 2. The third kappa shape index (κ3) is 2.00. The van der Waals surface area contributed by atoms with E-state index in [0.717, 1.165) is 27.3 Å². The molecule has 0 saturated heterocycles. The molecule has 0 aliphatic heterocycles. The Hall–Kier alpha value is -3.69. The summed E-state index contributed by atoms with van der Waals surface area (Å²) in [4.78, 5) is 9.43. The Balaban J connectivity index is 1.54. The van der Waals surface area contributed by atoms with E-state index in [9.17, 15) is 0 Å². The standard InChI is InChI=1S/C26H13ClN2O/c27-24-23-20-8-3-4-11-21(20)30-26(23)29-25(28-24)19-13-12-18-15-7-2-1-6-14(15)16-9-5-10-17(19)22(16)18/h1-13H. The third-order valence-electron chi connectivity index (χ3n) is 5.98. The van der Waals surface area contributed by atoms with Crippen molar-refractivity contribution in [1.29, 1.82) is 0 Å². The first-order valence-electron chi connectivity index (χ1n) is 9.80. The second-order valence-electron chi connectivity index (χ2n) is 7.55. The van der Waals surface area contributed by atoms with Crippen molar-refractivity contribution in [3.63, 3.8) is 0 Å². The highest BCUT2D eigenvalue weighted by Crippen LogP contribution is 2.49. The molecule has 0 N–H and O–H groups in total. The van der Waals surface area contributed by atoms with Gasteiger partial charge in [-0.05, 0) is 45.2 Å². The minimum absolute atomic E-state index is 0.409. The van der Waals surface area contributed by atoms with Gasteiger partial charge in [0, 0.05) is 10.9 Å². The molecule has 4 aromatic carbocycles. The van der Waals surface area contributed by atoms with Crippen LogP contribution in [0.25, 0.3) is 66.5 Å². The van der Waals surface area contributed by atoms with Crippen molar-refractivity contribution in [3.8, 4) is 33.6 Å². The molecule has 7 rings (SSSR count). The number of hydrogen-bond donors (Lipinski definition) is 0. The topological polar surface area (TPSA) is 38.9 Å². The van der Waals surface area contributed by atoms with Crippen LogP contribution in [0.4, 0.5) is 0 Å². The second-order valence-corrected chi connectivity index (χ2v) is 7.91. The zero-order valence-corrected chi connectivity index (χ0v) is 16.4. The maximum atomic E-state index is 6.62. The van der Waals surface area contributed by atoms with Gasteiger partial charge in [0.05, 0.1) is 5.39 Å². The molecule has 6 aromatic rings. The third-order valence-corrected chi connectivity index (χ3v) is 6.26. The van der Waals surface area contributed by atoms with Crippen LogP contribution in [-0.4, -0.2) is 9.97 Å². The number of nitrogens with zero attached hydrogens (tertiary/aromatic N) is 2. The van der Waals surface area contributed by atoms with E-state index >= 15 is 0 Å². The van der Waals surface area contributed by atoms with E-state index < -0.39 is 0 Å². The lowest BCUT2D eigenvalue weighted by atomic mass is 9.98. The lowest BCUT2D eigenvalue weighted by molar-refractivity contribution is 0.653. The molecule has 0 spiro atoms. The van der Waals surface area contributed by atoms with E-state index in [-0.39, 0.29) is 0 Å². The van der Waals surface area contributed by atoms with Gasteiger partial charge in [0.25, 0.3) is 0 Å². The molecule has 2 aromatic heterocycles. The van der Waals surface area contributed by atoms with Crippen molar-refractivity contribution in [2.45, 2.75) is 0 Å². The molecule has 0 saturated carbocycles. The normalized spacial score (nSPS) is 12.2. The first-order valence-corrected chi connectivity index (χ1v) is 10.2. The molecule has 1 aliphatic rings. The highest BCUT2D eigenvalue weighted by atomic mass is 35.5. The fourth-order valence-electron chi connectivity index (χ4n) is 4.70. The highest BCUT2D eigenvalue weighted by molar-refractivity contribution is 6.36. The van der Waals surface area contributed by atoms with E-state index in [1.807, 2.05) is 24.3 Å². The first kappa shape index (κ1) is 16.1. The molecule has 1 aliphatic carbocycles. The van der Waals surface area contributed by atoms with E-state index in [0.29, 0.717) is 16.7 Å². The molecule has 0 radical (unpaired) electrons. The van der Waals surface area contributed by atoms with Crippen LogP contribution in [0, 0.1) is 0 Å². The zero-order valence-electron chi connectivity index (χ0n) is 15.7. The second kappa shape index (κ2) is 5.68. The van der Waals surface area contributed by atoms with Gasteiger partial charge in [-0.1, -0.05) is 78.3 Å². The predicted molar refractivity (Wildman–Crippen MR) is 122 cm³/mol. The van der Waals surface area contributed by atoms with E-state index in [1.54, 1.807) is 0 Å². The highest BCUT2D eigenvalue weighted by Gasteiger charge is 2.23. The lowest BCUT2D eigenvalue weighted by Crippen LogP contribution is -1.92. The molecule has 30 heavy (non-hydrogen) atoms. The Kier molecular flexibility index (Phi) is 3.06. The first-order chi connectivity index (χ1) is 14.8. The number of furan rings is 1. The van der Waals surface area contributed by atoms with E-state index in [4.69, 9.17) is 21.0 Å². The van der Waals surface area contributed by atoms with Gasteiger partial charge in [0.15, 0.2) is 5.82 Å². The summed E-state index contributed by atoms with van der Waals surface area (Å²) < 4.78 is 5.98. The van der Waals surface area contributed by atoms with Crippen LogP contribution in [0.1, 0.15) is 0 Å². The predicted octanol–water partition coefficient (Wildman–Crippen LogP) is 7.50. The molecule has 3 nitrogen and oxygen atoms in total. The average Bonchev–Trinajstić information content (AvgIpc) is 3.32. The molecule has 2 heterocycles. The van der Waals surface area contributed by atoms with Gasteiger partial charge in [-0.15, -0.1) is 0 Å². The summed E-state index contributed by atoms with van der Waals surface area (Å²) >= 11 is 6.62. The smallest absolute Gasteiger partial charge is 0.232 e. The summed E-state index contributed by atoms with van der Waals surface area (Å²) in [5.41, 5.74) is 7.25. The summed E-state index contributed by atoms with van der Waals surface area (Å²) in [7, 11) is 0. The monoisotopic (exact) mass is 404 g/mol. The number of hydrogen-bond acceptors (Lipinski definition) is 3. The molecule has 0 amide bonds. The van der Waals surface area contributed by atoms with Gasteiger partial charge in [-0.3, -0.25) is 0 Å². The van der Waals surface area contributed by atoms with Crippen LogP contribution in [-0.2, 0) is 0 Å². The molecule has 0 atom stereocenters. The maximum absolute atomic E-state index is 6.62. The van der Waals surface area contributed by atoms with Gasteiger partial charge in [0.2, 0.25) is 5.71 Å². The van der Waals surface area contributed by atoms with Crippen LogP contribution in [0.15, 0.2) is 83.3 Å². The molecular weight excluding hydrogens is 392 g/mol. The Morgan fingerprint density at radius 3 is 2.10 bits per heavy atom. The van der Waals surface area contributed by atoms with Crippen LogP contribution in [0.3, 0.4) is 0 Å². The van der Waals surface area contributed by atoms with Crippen molar-refractivity contribution in [2.24, 2.45) is 0 Å². The van der Waals surface area contributed by atoms with Crippen LogP contribution in [0.2, 0.25) is 5.15 Å². The molecular formula is C26H13ClN2O. The van der Waals surface area contributed by atoms with Crippen molar-refractivity contribution in [1.82, 2.24) is 9.97 Å². The van der Waals surface area contributed by atoms with Crippen LogP contribution < -0.4 is 0 Å². The fraction of sp³-hybridized carbons (Fsp3) is 0. The average molecular weight is 405 g/mol. The molecule has 4 heteroatoms. The Morgan fingerprint density at radius 2 is 1.23 bits per heavy atom. The van der Waals surface area contributed by atoms with Crippen molar-refractivity contribution in [3.05, 3.63) is 84.0 Å². The molecule has 140 valence electrons. The quantitative estimate of drug-likeness (QED) is 0.266. The Morgan fingerprint density at radius 1 is 0.567 bits per heavy atom. The summed E-state index contributed by atoms with van der Waals surface area (Å²) in [6.07, 6.45) is 0. The summed E-state index contributed by atoms with van der Waals surface area (Å²) in [6.45, 7) is 0. The zero-order chi connectivity index (χ0) is 19.8. The Labute approximate surface area is 176 Å². The number of fused-ring (bicyclic) bond motifs is 6. The summed E-state index contributed by atoms with van der Waals surface area (Å²) in [5.74, 6) is 0.575. The molecule has 0 bridgehead atoms. The van der Waals surface area contributed by atoms with E-state index in [2.05, 4.69) is 59.6 Å². The number of para-hydroxylation sites is 1. The van der Waals surface area contributed by atoms with Crippen LogP contribution in [0.5, 0.6) is 0 Å². The molecule has 0 unspecified atom stereocenters. The van der Waals surface area contributed by atoms with Crippen LogP contribution >= 0.6 is 11.6 Å². The van der Waals surface area contributed by atoms with Crippen molar-refractivity contribution in [2.75, 3.05) is 0 Å². The van der Waals surface area contributed by atoms with Gasteiger partial charge >= 0.3 is 0 Å². The van der Waals surface area contributed by atoms with Crippen molar-refractivity contribution >= 4 is 44.4 Å². The van der Waals surface area contributed by atoms with Gasteiger partial charge < -0.3 is 4.42 Å². The number of rotatable bonds is 1. The summed E-state index contributed by atoms with van der Waals surface area (Å²) in [5, 5.41) is 4.45.